The molecule has 1 rings (SSSR count). The van der Waals surface area contributed by atoms with E-state index in [1.165, 1.54) is 0 Å². The minimum atomic E-state index is -1.39. The summed E-state index contributed by atoms with van der Waals surface area (Å²) in [6, 6.07) is 0.839. The van der Waals surface area contributed by atoms with Crippen molar-refractivity contribution in [1.29, 1.82) is 0 Å². The lowest BCUT2D eigenvalue weighted by atomic mass is 10.1. The Kier molecular flexibility index (Phi) is 4.01. The van der Waals surface area contributed by atoms with E-state index in [9.17, 15) is 9.59 Å². The van der Waals surface area contributed by atoms with Gasteiger partial charge in [0.15, 0.2) is 5.78 Å². The third-order valence-corrected chi connectivity index (χ3v) is 4.63. The number of rotatable bonds is 5. The second-order valence-electron chi connectivity index (χ2n) is 5.83. The third kappa shape index (κ3) is 3.09. The molecule has 17 heavy (non-hydrogen) atoms. The van der Waals surface area contributed by atoms with Crippen molar-refractivity contribution in [1.82, 2.24) is 4.90 Å². The molecule has 0 saturated carbocycles. The average molecular weight is 257 g/mol. The molecule has 0 aromatic carbocycles. The standard InChI is InChI=1S/C12H23NO3Si/c1-6-10(14)12(9-17(3,4)5)8-13(12)11(15)16-7-2/h6-9H2,1-5H3. The second kappa shape index (κ2) is 4.80. The normalized spacial score (nSPS) is 23.5. The van der Waals surface area contributed by atoms with Crippen molar-refractivity contribution in [2.24, 2.45) is 0 Å². The first-order valence-electron chi connectivity index (χ1n) is 6.24. The van der Waals surface area contributed by atoms with E-state index >= 15 is 0 Å². The molecular formula is C12H23NO3Si. The van der Waals surface area contributed by atoms with Crippen molar-refractivity contribution in [3.8, 4) is 0 Å². The Morgan fingerprint density at radius 3 is 2.29 bits per heavy atom. The molecule has 0 aromatic rings. The Morgan fingerprint density at radius 1 is 1.29 bits per heavy atom. The summed E-state index contributed by atoms with van der Waals surface area (Å²) in [6.07, 6.45) is 0.146. The minimum Gasteiger partial charge on any atom is -0.450 e. The fourth-order valence-electron chi connectivity index (χ4n) is 2.36. The molecule has 0 bridgehead atoms. The topological polar surface area (TPSA) is 46.4 Å². The largest absolute Gasteiger partial charge is 0.450 e. The number of ketones is 1. The van der Waals surface area contributed by atoms with Gasteiger partial charge in [0.1, 0.15) is 5.54 Å². The van der Waals surface area contributed by atoms with Crippen molar-refractivity contribution in [3.63, 3.8) is 0 Å². The summed E-state index contributed by atoms with van der Waals surface area (Å²) < 4.78 is 4.98. The Labute approximate surface area is 104 Å². The van der Waals surface area contributed by atoms with Gasteiger partial charge in [-0.15, -0.1) is 0 Å². The lowest BCUT2D eigenvalue weighted by Crippen LogP contribution is -2.39. The van der Waals surface area contributed by atoms with Crippen LogP contribution in [-0.2, 0) is 9.53 Å². The molecule has 1 aliphatic heterocycles. The first-order valence-corrected chi connectivity index (χ1v) is 9.95. The Bertz CT molecular complexity index is 324. The summed E-state index contributed by atoms with van der Waals surface area (Å²) in [7, 11) is -1.39. The molecule has 1 saturated heterocycles. The number of carbonyl (C=O) groups excluding carboxylic acids is 2. The maximum absolute atomic E-state index is 12.1. The van der Waals surface area contributed by atoms with E-state index in [2.05, 4.69) is 19.6 Å². The summed E-state index contributed by atoms with van der Waals surface area (Å²) in [6.45, 7) is 11.2. The summed E-state index contributed by atoms with van der Waals surface area (Å²) in [5.74, 6) is 0.174. The van der Waals surface area contributed by atoms with E-state index in [4.69, 9.17) is 4.74 Å². The van der Waals surface area contributed by atoms with Crippen molar-refractivity contribution < 1.29 is 14.3 Å². The van der Waals surface area contributed by atoms with E-state index < -0.39 is 13.6 Å². The molecule has 0 aromatic heterocycles. The van der Waals surface area contributed by atoms with Gasteiger partial charge in [-0.1, -0.05) is 26.6 Å². The van der Waals surface area contributed by atoms with Gasteiger partial charge in [-0.2, -0.15) is 0 Å². The third-order valence-electron chi connectivity index (χ3n) is 2.98. The Hall–Kier alpha value is -0.843. The van der Waals surface area contributed by atoms with Crippen LogP contribution >= 0.6 is 0 Å². The van der Waals surface area contributed by atoms with Crippen molar-refractivity contribution in [2.75, 3.05) is 13.2 Å². The van der Waals surface area contributed by atoms with E-state index in [1.54, 1.807) is 11.8 Å². The first kappa shape index (κ1) is 14.2. The van der Waals surface area contributed by atoms with Crippen LogP contribution in [0.3, 0.4) is 0 Å². The molecule has 0 radical (unpaired) electrons. The van der Waals surface area contributed by atoms with Crippen LogP contribution in [0, 0.1) is 0 Å². The zero-order chi connectivity index (χ0) is 13.3. The zero-order valence-corrected chi connectivity index (χ0v) is 12.5. The van der Waals surface area contributed by atoms with Crippen LogP contribution in [0.5, 0.6) is 0 Å². The quantitative estimate of drug-likeness (QED) is 0.561. The van der Waals surface area contributed by atoms with Crippen molar-refractivity contribution in [2.45, 2.75) is 51.5 Å². The molecule has 1 heterocycles. The average Bonchev–Trinajstić information content (AvgIpc) is 2.90. The number of Topliss-reactive ketones (excluding diaryl/α,β-unsaturated/α-hetero) is 1. The summed E-state index contributed by atoms with van der Waals surface area (Å²) in [4.78, 5) is 25.4. The minimum absolute atomic E-state index is 0.174. The maximum atomic E-state index is 12.1. The zero-order valence-electron chi connectivity index (χ0n) is 11.5. The molecule has 1 unspecified atom stereocenters. The smallest absolute Gasteiger partial charge is 0.410 e. The lowest BCUT2D eigenvalue weighted by molar-refractivity contribution is -0.121. The van der Waals surface area contributed by atoms with Crippen LogP contribution in [0.25, 0.3) is 0 Å². The molecule has 5 heteroatoms. The highest BCUT2D eigenvalue weighted by molar-refractivity contribution is 6.76. The van der Waals surface area contributed by atoms with Crippen LogP contribution in [0.4, 0.5) is 4.79 Å². The molecule has 0 aliphatic carbocycles. The van der Waals surface area contributed by atoms with Gasteiger partial charge in [0.25, 0.3) is 0 Å². The molecule has 98 valence electrons. The Balaban J connectivity index is 2.80. The van der Waals surface area contributed by atoms with E-state index in [0.29, 0.717) is 19.6 Å². The van der Waals surface area contributed by atoms with Crippen LogP contribution in [-0.4, -0.2) is 43.5 Å². The summed E-state index contributed by atoms with van der Waals surface area (Å²) in [5, 5.41) is 0. The number of carbonyl (C=O) groups is 2. The number of ether oxygens (including phenoxy) is 1. The van der Waals surface area contributed by atoms with Gasteiger partial charge in [0, 0.05) is 14.5 Å². The number of nitrogens with zero attached hydrogens (tertiary/aromatic N) is 1. The van der Waals surface area contributed by atoms with Gasteiger partial charge in [0.2, 0.25) is 0 Å². The predicted octanol–water partition coefficient (Wildman–Crippen LogP) is 2.51. The van der Waals surface area contributed by atoms with Gasteiger partial charge in [-0.05, 0) is 13.0 Å². The molecule has 4 nitrogen and oxygen atoms in total. The Morgan fingerprint density at radius 2 is 1.88 bits per heavy atom. The fraction of sp³-hybridized carbons (Fsp3) is 0.833. The highest BCUT2D eigenvalue weighted by atomic mass is 28.3. The van der Waals surface area contributed by atoms with Crippen molar-refractivity contribution >= 4 is 20.0 Å². The maximum Gasteiger partial charge on any atom is 0.410 e. The molecule has 1 atom stereocenters. The monoisotopic (exact) mass is 257 g/mol. The molecule has 0 spiro atoms. The highest BCUT2D eigenvalue weighted by Gasteiger charge is 2.61. The first-order chi connectivity index (χ1) is 7.77. The van der Waals surface area contributed by atoms with Crippen LogP contribution in [0.1, 0.15) is 20.3 Å². The number of hydrogen-bond donors (Lipinski definition) is 0. The van der Waals surface area contributed by atoms with Crippen LogP contribution in [0.15, 0.2) is 0 Å². The van der Waals surface area contributed by atoms with E-state index in [0.717, 1.165) is 6.04 Å². The van der Waals surface area contributed by atoms with E-state index in [1.807, 2.05) is 6.92 Å². The molecule has 1 fully saturated rings. The summed E-state index contributed by atoms with van der Waals surface area (Å²) >= 11 is 0. The second-order valence-corrected chi connectivity index (χ2v) is 11.3. The van der Waals surface area contributed by atoms with Gasteiger partial charge in [-0.25, -0.2) is 4.79 Å². The summed E-state index contributed by atoms with van der Waals surface area (Å²) in [5.41, 5.74) is -0.536. The fourth-order valence-corrected chi connectivity index (χ4v) is 4.62. The number of amides is 1. The highest BCUT2D eigenvalue weighted by Crippen LogP contribution is 2.42. The predicted molar refractivity (Wildman–Crippen MR) is 69.9 cm³/mol. The number of hydrogen-bond acceptors (Lipinski definition) is 3. The lowest BCUT2D eigenvalue weighted by Gasteiger charge is -2.23. The van der Waals surface area contributed by atoms with Gasteiger partial charge < -0.3 is 4.74 Å². The van der Waals surface area contributed by atoms with Crippen LogP contribution in [0.2, 0.25) is 25.7 Å². The van der Waals surface area contributed by atoms with Crippen LogP contribution < -0.4 is 0 Å². The van der Waals surface area contributed by atoms with E-state index in [-0.39, 0.29) is 11.9 Å². The van der Waals surface area contributed by atoms with Gasteiger partial charge in [-0.3, -0.25) is 9.69 Å². The molecule has 0 N–H and O–H groups in total. The molecule has 1 aliphatic rings. The SMILES string of the molecule is CCOC(=O)N1CC1(C[Si](C)(C)C)C(=O)CC. The van der Waals surface area contributed by atoms with Gasteiger partial charge in [0.05, 0.1) is 13.2 Å². The van der Waals surface area contributed by atoms with Crippen molar-refractivity contribution in [3.05, 3.63) is 0 Å². The van der Waals surface area contributed by atoms with Gasteiger partial charge >= 0.3 is 6.09 Å². The molecule has 1 amide bonds. The molecular weight excluding hydrogens is 234 g/mol.